The number of aryl methyl sites for hydroxylation is 1. The molecule has 2 aromatic rings. The molecule has 142 valence electrons. The Morgan fingerprint density at radius 1 is 1.22 bits per heavy atom. The van der Waals surface area contributed by atoms with Crippen LogP contribution in [0.4, 0.5) is 0 Å². The van der Waals surface area contributed by atoms with Gasteiger partial charge in [-0.15, -0.1) is 0 Å². The molecule has 0 radical (unpaired) electrons. The van der Waals surface area contributed by atoms with Gasteiger partial charge in [0.05, 0.1) is 18.3 Å². The molecular formula is C22H27N3O2. The zero-order chi connectivity index (χ0) is 19.0. The predicted molar refractivity (Wildman–Crippen MR) is 106 cm³/mol. The van der Waals surface area contributed by atoms with Crippen molar-refractivity contribution in [2.24, 2.45) is 0 Å². The van der Waals surface area contributed by atoms with Crippen molar-refractivity contribution in [3.05, 3.63) is 47.8 Å². The summed E-state index contributed by atoms with van der Waals surface area (Å²) < 4.78 is 5.54. The van der Waals surface area contributed by atoms with Crippen LogP contribution in [0.25, 0.3) is 11.1 Å². The monoisotopic (exact) mass is 365 g/mol. The first kappa shape index (κ1) is 18.0. The highest BCUT2D eigenvalue weighted by Gasteiger charge is 2.50. The summed E-state index contributed by atoms with van der Waals surface area (Å²) in [6.07, 6.45) is 2.71. The largest absolute Gasteiger partial charge is 0.494 e. The van der Waals surface area contributed by atoms with Crippen LogP contribution in [0.2, 0.25) is 0 Å². The number of benzene rings is 1. The summed E-state index contributed by atoms with van der Waals surface area (Å²) in [5, 5.41) is 3.62. The molecule has 27 heavy (non-hydrogen) atoms. The van der Waals surface area contributed by atoms with E-state index in [1.807, 2.05) is 37.9 Å². The van der Waals surface area contributed by atoms with Crippen LogP contribution in [0.1, 0.15) is 43.6 Å². The predicted octanol–water partition coefficient (Wildman–Crippen LogP) is 3.48. The van der Waals surface area contributed by atoms with Crippen LogP contribution in [0, 0.1) is 6.92 Å². The minimum atomic E-state index is -0.385. The Balaban J connectivity index is 1.59. The number of hydrogen-bond acceptors (Lipinski definition) is 4. The number of carbonyl (C=O) groups is 1. The van der Waals surface area contributed by atoms with Crippen molar-refractivity contribution in [1.82, 2.24) is 15.2 Å². The van der Waals surface area contributed by atoms with Gasteiger partial charge in [-0.3, -0.25) is 15.1 Å². The number of carbonyl (C=O) groups excluding carboxylic acids is 1. The van der Waals surface area contributed by atoms with Gasteiger partial charge in [0.2, 0.25) is 5.91 Å². The molecule has 5 nitrogen and oxygen atoms in total. The Morgan fingerprint density at radius 3 is 2.67 bits per heavy atom. The van der Waals surface area contributed by atoms with Gasteiger partial charge in [0.15, 0.2) is 0 Å². The number of amides is 1. The summed E-state index contributed by atoms with van der Waals surface area (Å²) in [6, 6.07) is 12.6. The van der Waals surface area contributed by atoms with Crippen molar-refractivity contribution >= 4 is 5.91 Å². The lowest BCUT2D eigenvalue weighted by Gasteiger charge is -2.23. The van der Waals surface area contributed by atoms with Gasteiger partial charge in [-0.25, -0.2) is 0 Å². The van der Waals surface area contributed by atoms with E-state index >= 15 is 0 Å². The summed E-state index contributed by atoms with van der Waals surface area (Å²) in [4.78, 5) is 19.2. The second kappa shape index (κ2) is 6.97. The molecule has 0 bridgehead atoms. The molecule has 2 atom stereocenters. The van der Waals surface area contributed by atoms with Gasteiger partial charge in [-0.2, -0.15) is 0 Å². The van der Waals surface area contributed by atoms with Crippen molar-refractivity contribution in [2.45, 2.75) is 44.7 Å². The molecule has 0 unspecified atom stereocenters. The number of pyridine rings is 1. The second-order valence-electron chi connectivity index (χ2n) is 7.67. The number of rotatable bonds is 4. The SMILES string of the molecule is CCOc1ccc(-c2cc(C)nc([C@@H]3CC[C@@]4(CCN(C)C4=O)N3)c2)cc1. The lowest BCUT2D eigenvalue weighted by molar-refractivity contribution is -0.131. The number of hydrogen-bond donors (Lipinski definition) is 1. The van der Waals surface area contributed by atoms with E-state index in [-0.39, 0.29) is 17.5 Å². The minimum absolute atomic E-state index is 0.127. The van der Waals surface area contributed by atoms with Gasteiger partial charge in [-0.1, -0.05) is 12.1 Å². The molecule has 2 fully saturated rings. The third-order valence-corrected chi connectivity index (χ3v) is 5.77. The third kappa shape index (κ3) is 3.32. The van der Waals surface area contributed by atoms with Gasteiger partial charge in [0.1, 0.15) is 11.3 Å². The molecule has 0 aliphatic carbocycles. The van der Waals surface area contributed by atoms with Crippen molar-refractivity contribution in [3.63, 3.8) is 0 Å². The zero-order valence-corrected chi connectivity index (χ0v) is 16.3. The number of aromatic nitrogens is 1. The average Bonchev–Trinajstić information content (AvgIpc) is 3.22. The first-order valence-electron chi connectivity index (χ1n) is 9.76. The highest BCUT2D eigenvalue weighted by atomic mass is 16.5. The number of nitrogens with one attached hydrogen (secondary N) is 1. The molecule has 2 saturated heterocycles. The molecule has 4 rings (SSSR count). The maximum atomic E-state index is 12.6. The summed E-state index contributed by atoms with van der Waals surface area (Å²) in [6.45, 7) is 5.51. The van der Waals surface area contributed by atoms with Gasteiger partial charge in [0.25, 0.3) is 0 Å². The average molecular weight is 365 g/mol. The third-order valence-electron chi connectivity index (χ3n) is 5.77. The van der Waals surface area contributed by atoms with Crippen molar-refractivity contribution < 1.29 is 9.53 Å². The smallest absolute Gasteiger partial charge is 0.242 e. The number of likely N-dealkylation sites (N-methyl/N-ethyl adjacent to an activating group) is 1. The Morgan fingerprint density at radius 2 is 2.00 bits per heavy atom. The van der Waals surface area contributed by atoms with E-state index in [4.69, 9.17) is 9.72 Å². The summed E-state index contributed by atoms with van der Waals surface area (Å²) in [7, 11) is 1.89. The Kier molecular flexibility index (Phi) is 4.64. The van der Waals surface area contributed by atoms with Gasteiger partial charge < -0.3 is 9.64 Å². The van der Waals surface area contributed by atoms with E-state index in [1.54, 1.807) is 0 Å². The maximum absolute atomic E-state index is 12.6. The summed E-state index contributed by atoms with van der Waals surface area (Å²) in [5.41, 5.74) is 3.93. The van der Waals surface area contributed by atoms with Crippen LogP contribution in [-0.4, -0.2) is 41.5 Å². The van der Waals surface area contributed by atoms with Crippen molar-refractivity contribution in [3.8, 4) is 16.9 Å². The highest BCUT2D eigenvalue weighted by Crippen LogP contribution is 2.39. The molecular weight excluding hydrogens is 338 g/mol. The zero-order valence-electron chi connectivity index (χ0n) is 16.3. The lowest BCUT2D eigenvalue weighted by atomic mass is 9.96. The molecule has 1 aromatic heterocycles. The molecule has 1 amide bonds. The van der Waals surface area contributed by atoms with Gasteiger partial charge >= 0.3 is 0 Å². The van der Waals surface area contributed by atoms with Crippen LogP contribution in [0.5, 0.6) is 5.75 Å². The first-order chi connectivity index (χ1) is 13.0. The molecule has 0 saturated carbocycles. The highest BCUT2D eigenvalue weighted by molar-refractivity contribution is 5.88. The van der Waals surface area contributed by atoms with Crippen LogP contribution in [-0.2, 0) is 4.79 Å². The summed E-state index contributed by atoms with van der Waals surface area (Å²) >= 11 is 0. The fourth-order valence-electron chi connectivity index (χ4n) is 4.34. The summed E-state index contributed by atoms with van der Waals surface area (Å²) in [5.74, 6) is 1.11. The van der Waals surface area contributed by atoms with Gasteiger partial charge in [0, 0.05) is 19.3 Å². The normalized spacial score (nSPS) is 24.8. The van der Waals surface area contributed by atoms with Crippen LogP contribution in [0.15, 0.2) is 36.4 Å². The van der Waals surface area contributed by atoms with E-state index in [9.17, 15) is 4.79 Å². The van der Waals surface area contributed by atoms with Crippen LogP contribution < -0.4 is 10.1 Å². The fourth-order valence-corrected chi connectivity index (χ4v) is 4.34. The molecule has 1 N–H and O–H groups in total. The van der Waals surface area contributed by atoms with Crippen molar-refractivity contribution in [1.29, 1.82) is 0 Å². The van der Waals surface area contributed by atoms with Crippen molar-refractivity contribution in [2.75, 3.05) is 20.2 Å². The molecule has 2 aliphatic heterocycles. The standard InChI is InChI=1S/C22H27N3O2/c1-4-27-18-7-5-16(6-8-18)17-13-15(2)23-20(14-17)19-9-10-22(24-19)11-12-25(3)21(22)26/h5-8,13-14,19,24H,4,9-12H2,1-3H3/t19-,22-/m0/s1. The molecule has 5 heteroatoms. The Bertz CT molecular complexity index is 849. The van der Waals surface area contributed by atoms with E-state index in [1.165, 1.54) is 0 Å². The first-order valence-corrected chi connectivity index (χ1v) is 9.76. The van der Waals surface area contributed by atoms with E-state index in [2.05, 4.69) is 29.6 Å². The second-order valence-corrected chi connectivity index (χ2v) is 7.67. The number of nitrogens with zero attached hydrogens (tertiary/aromatic N) is 2. The molecule has 2 aliphatic rings. The lowest BCUT2D eigenvalue weighted by Crippen LogP contribution is -2.47. The molecule has 1 aromatic carbocycles. The number of likely N-dealkylation sites (tertiary alicyclic amines) is 1. The van der Waals surface area contributed by atoms with E-state index in [0.717, 1.165) is 54.1 Å². The van der Waals surface area contributed by atoms with Gasteiger partial charge in [-0.05, 0) is 68.5 Å². The molecule has 3 heterocycles. The Labute approximate surface area is 160 Å². The fraction of sp³-hybridized carbons (Fsp3) is 0.455. The van der Waals surface area contributed by atoms with Crippen LogP contribution in [0.3, 0.4) is 0 Å². The topological polar surface area (TPSA) is 54.5 Å². The Hall–Kier alpha value is -2.40. The maximum Gasteiger partial charge on any atom is 0.242 e. The molecule has 1 spiro atoms. The van der Waals surface area contributed by atoms with E-state index < -0.39 is 0 Å². The minimum Gasteiger partial charge on any atom is -0.494 e. The van der Waals surface area contributed by atoms with E-state index in [0.29, 0.717) is 6.61 Å². The quantitative estimate of drug-likeness (QED) is 0.901. The van der Waals surface area contributed by atoms with Crippen LogP contribution >= 0.6 is 0 Å². The number of ether oxygens (including phenoxy) is 1.